The molecule has 4 rings (SSSR count). The highest BCUT2D eigenvalue weighted by atomic mass is 16.2. The third-order valence-corrected chi connectivity index (χ3v) is 5.40. The molecule has 2 aliphatic rings. The lowest BCUT2D eigenvalue weighted by molar-refractivity contribution is -0.128. The highest BCUT2D eigenvalue weighted by Crippen LogP contribution is 2.22. The summed E-state index contributed by atoms with van der Waals surface area (Å²) in [6.07, 6.45) is 3.05. The van der Waals surface area contributed by atoms with Crippen LogP contribution in [0.3, 0.4) is 0 Å². The van der Waals surface area contributed by atoms with Gasteiger partial charge in [0.25, 0.3) is 5.91 Å². The molecular weight excluding hydrogens is 366 g/mol. The van der Waals surface area contributed by atoms with Crippen LogP contribution in [0.4, 0.5) is 5.69 Å². The Hall–Kier alpha value is -3.15. The fraction of sp³-hybridized carbons (Fsp3) is 0.348. The predicted octanol–water partition coefficient (Wildman–Crippen LogP) is 2.61. The second-order valence-corrected chi connectivity index (χ2v) is 7.79. The number of carbonyl (C=O) groups excluding carboxylic acids is 3. The lowest BCUT2D eigenvalue weighted by Gasteiger charge is -2.16. The molecule has 1 heterocycles. The van der Waals surface area contributed by atoms with Crippen molar-refractivity contribution in [3.8, 4) is 0 Å². The van der Waals surface area contributed by atoms with Crippen molar-refractivity contribution in [3.05, 3.63) is 65.7 Å². The molecule has 0 spiro atoms. The summed E-state index contributed by atoms with van der Waals surface area (Å²) in [6.45, 7) is 1.04. The van der Waals surface area contributed by atoms with Crippen LogP contribution in [0.1, 0.15) is 35.2 Å². The zero-order valence-corrected chi connectivity index (χ0v) is 16.3. The summed E-state index contributed by atoms with van der Waals surface area (Å²) in [6, 6.07) is 17.2. The van der Waals surface area contributed by atoms with Crippen molar-refractivity contribution in [1.82, 2.24) is 10.2 Å². The minimum Gasteiger partial charge on any atom is -0.349 e. The first-order valence-corrected chi connectivity index (χ1v) is 10.1. The fourth-order valence-corrected chi connectivity index (χ4v) is 3.55. The lowest BCUT2D eigenvalue weighted by Crippen LogP contribution is -2.30. The van der Waals surface area contributed by atoms with E-state index in [0.29, 0.717) is 24.3 Å². The fourth-order valence-electron chi connectivity index (χ4n) is 3.55. The normalized spacial score (nSPS) is 18.6. The van der Waals surface area contributed by atoms with Crippen LogP contribution in [0.25, 0.3) is 0 Å². The van der Waals surface area contributed by atoms with Gasteiger partial charge in [-0.1, -0.05) is 36.4 Å². The van der Waals surface area contributed by atoms with Crippen molar-refractivity contribution in [2.45, 2.75) is 31.7 Å². The maximum absolute atomic E-state index is 12.7. The molecule has 2 fully saturated rings. The van der Waals surface area contributed by atoms with Gasteiger partial charge < -0.3 is 15.5 Å². The largest absolute Gasteiger partial charge is 0.349 e. The SMILES string of the molecule is O=C(NC1CC1)c1cccc(NC(=O)C2CC(=O)N(CCc3ccccc3)C2)c1. The molecule has 29 heavy (non-hydrogen) atoms. The van der Waals surface area contributed by atoms with E-state index in [9.17, 15) is 14.4 Å². The number of nitrogens with zero attached hydrogens (tertiary/aromatic N) is 1. The maximum Gasteiger partial charge on any atom is 0.251 e. The van der Waals surface area contributed by atoms with E-state index in [1.54, 1.807) is 29.2 Å². The van der Waals surface area contributed by atoms with Crippen LogP contribution in [0.2, 0.25) is 0 Å². The highest BCUT2D eigenvalue weighted by Gasteiger charge is 2.34. The van der Waals surface area contributed by atoms with Gasteiger partial charge in [0.15, 0.2) is 0 Å². The monoisotopic (exact) mass is 391 g/mol. The first-order valence-electron chi connectivity index (χ1n) is 10.1. The molecule has 6 heteroatoms. The van der Waals surface area contributed by atoms with Gasteiger partial charge in [-0.15, -0.1) is 0 Å². The quantitative estimate of drug-likeness (QED) is 0.762. The van der Waals surface area contributed by atoms with E-state index in [-0.39, 0.29) is 36.1 Å². The van der Waals surface area contributed by atoms with Crippen molar-refractivity contribution < 1.29 is 14.4 Å². The Morgan fingerprint density at radius 2 is 1.83 bits per heavy atom. The molecule has 2 N–H and O–H groups in total. The van der Waals surface area contributed by atoms with Gasteiger partial charge in [-0.25, -0.2) is 0 Å². The highest BCUT2D eigenvalue weighted by molar-refractivity contribution is 5.99. The van der Waals surface area contributed by atoms with Crippen molar-refractivity contribution in [2.75, 3.05) is 18.4 Å². The molecular formula is C23H25N3O3. The minimum atomic E-state index is -0.373. The van der Waals surface area contributed by atoms with Gasteiger partial charge in [0.05, 0.1) is 5.92 Å². The topological polar surface area (TPSA) is 78.5 Å². The molecule has 2 aromatic rings. The zero-order chi connectivity index (χ0) is 20.2. The molecule has 1 saturated carbocycles. The van der Waals surface area contributed by atoms with Gasteiger partial charge in [0, 0.05) is 36.8 Å². The average molecular weight is 391 g/mol. The van der Waals surface area contributed by atoms with Gasteiger partial charge >= 0.3 is 0 Å². The molecule has 0 aromatic heterocycles. The average Bonchev–Trinajstić information content (AvgIpc) is 3.47. The molecule has 6 nitrogen and oxygen atoms in total. The van der Waals surface area contributed by atoms with Crippen LogP contribution in [0.15, 0.2) is 54.6 Å². The predicted molar refractivity (Wildman–Crippen MR) is 110 cm³/mol. The van der Waals surface area contributed by atoms with E-state index in [2.05, 4.69) is 10.6 Å². The molecule has 1 aliphatic carbocycles. The van der Waals surface area contributed by atoms with E-state index in [1.165, 1.54) is 5.56 Å². The summed E-state index contributed by atoms with van der Waals surface area (Å²) in [4.78, 5) is 38.9. The number of likely N-dealkylation sites (tertiary alicyclic amines) is 1. The molecule has 1 atom stereocenters. The number of amides is 3. The molecule has 1 aliphatic heterocycles. The van der Waals surface area contributed by atoms with Crippen LogP contribution in [-0.2, 0) is 16.0 Å². The smallest absolute Gasteiger partial charge is 0.251 e. The zero-order valence-electron chi connectivity index (χ0n) is 16.3. The third kappa shape index (κ3) is 5.02. The summed E-state index contributed by atoms with van der Waals surface area (Å²) in [5.74, 6) is -0.659. The third-order valence-electron chi connectivity index (χ3n) is 5.40. The van der Waals surface area contributed by atoms with Gasteiger partial charge in [0.1, 0.15) is 0 Å². The number of hydrogen-bond acceptors (Lipinski definition) is 3. The Balaban J connectivity index is 1.31. The van der Waals surface area contributed by atoms with Gasteiger partial charge in [-0.05, 0) is 43.0 Å². The van der Waals surface area contributed by atoms with Crippen LogP contribution >= 0.6 is 0 Å². The maximum atomic E-state index is 12.7. The number of benzene rings is 2. The van der Waals surface area contributed by atoms with Gasteiger partial charge in [0.2, 0.25) is 11.8 Å². The summed E-state index contributed by atoms with van der Waals surface area (Å²) in [5, 5.41) is 5.81. The molecule has 0 radical (unpaired) electrons. The first-order chi connectivity index (χ1) is 14.1. The Bertz CT molecular complexity index is 909. The van der Waals surface area contributed by atoms with E-state index in [4.69, 9.17) is 0 Å². The molecule has 2 aromatic carbocycles. The number of nitrogens with one attached hydrogen (secondary N) is 2. The van der Waals surface area contributed by atoms with Crippen LogP contribution in [0, 0.1) is 5.92 Å². The van der Waals surface area contributed by atoms with Crippen molar-refractivity contribution >= 4 is 23.4 Å². The molecule has 1 saturated heterocycles. The standard InChI is InChI=1S/C23H25N3O3/c27-21-14-18(15-26(21)12-11-16-5-2-1-3-6-16)23(29)25-20-8-4-7-17(13-20)22(28)24-19-9-10-19/h1-8,13,18-19H,9-12,14-15H2,(H,24,28)(H,25,29). The summed E-state index contributed by atoms with van der Waals surface area (Å²) < 4.78 is 0. The number of anilines is 1. The molecule has 3 amide bonds. The lowest BCUT2D eigenvalue weighted by atomic mass is 10.1. The van der Waals surface area contributed by atoms with Crippen LogP contribution in [0.5, 0.6) is 0 Å². The van der Waals surface area contributed by atoms with Gasteiger partial charge in [-0.3, -0.25) is 14.4 Å². The first kappa shape index (κ1) is 19.2. The van der Waals surface area contributed by atoms with Crippen molar-refractivity contribution in [1.29, 1.82) is 0 Å². The van der Waals surface area contributed by atoms with E-state index < -0.39 is 0 Å². The number of rotatable bonds is 7. The molecule has 150 valence electrons. The Morgan fingerprint density at radius 1 is 1.03 bits per heavy atom. The molecule has 0 bridgehead atoms. The van der Waals surface area contributed by atoms with E-state index in [0.717, 1.165) is 19.3 Å². The van der Waals surface area contributed by atoms with Crippen molar-refractivity contribution in [3.63, 3.8) is 0 Å². The summed E-state index contributed by atoms with van der Waals surface area (Å²) >= 11 is 0. The second kappa shape index (κ2) is 8.47. The Labute approximate surface area is 170 Å². The van der Waals surface area contributed by atoms with Crippen LogP contribution in [-0.4, -0.2) is 41.8 Å². The summed E-state index contributed by atoms with van der Waals surface area (Å²) in [5.41, 5.74) is 2.28. The second-order valence-electron chi connectivity index (χ2n) is 7.79. The van der Waals surface area contributed by atoms with Gasteiger partial charge in [-0.2, -0.15) is 0 Å². The Morgan fingerprint density at radius 3 is 2.59 bits per heavy atom. The van der Waals surface area contributed by atoms with Crippen molar-refractivity contribution in [2.24, 2.45) is 5.92 Å². The number of hydrogen-bond donors (Lipinski definition) is 2. The minimum absolute atomic E-state index is 0.0126. The number of carbonyl (C=O) groups is 3. The molecule has 1 unspecified atom stereocenters. The van der Waals surface area contributed by atoms with Crippen LogP contribution < -0.4 is 10.6 Å². The Kier molecular flexibility index (Phi) is 5.60. The van der Waals surface area contributed by atoms with E-state index in [1.807, 2.05) is 30.3 Å². The summed E-state index contributed by atoms with van der Waals surface area (Å²) in [7, 11) is 0. The van der Waals surface area contributed by atoms with E-state index >= 15 is 0 Å².